The van der Waals surface area contributed by atoms with Gasteiger partial charge in [-0.2, -0.15) is 0 Å². The van der Waals surface area contributed by atoms with Crippen LogP contribution in [0.25, 0.3) is 0 Å². The Hall–Kier alpha value is -1.87. The first-order chi connectivity index (χ1) is 8.29. The molecule has 0 bridgehead atoms. The minimum absolute atomic E-state index is 0.557. The van der Waals surface area contributed by atoms with E-state index in [1.54, 1.807) is 12.3 Å². The smallest absolute Gasteiger partial charge is 0.153 e. The van der Waals surface area contributed by atoms with Crippen LogP contribution in [0, 0.1) is 0 Å². The first-order valence-corrected chi connectivity index (χ1v) is 5.55. The summed E-state index contributed by atoms with van der Waals surface area (Å²) in [5.41, 5.74) is 2.44. The molecule has 0 radical (unpaired) electrons. The number of pyridine rings is 1. The highest BCUT2D eigenvalue weighted by Crippen LogP contribution is 2.14. The molecule has 1 N–H and O–H groups in total. The predicted molar refractivity (Wildman–Crippen MR) is 68.4 cm³/mol. The Morgan fingerprint density at radius 1 is 1.24 bits per heavy atom. The lowest BCUT2D eigenvalue weighted by molar-refractivity contribution is 0.112. The number of benzene rings is 1. The topological polar surface area (TPSA) is 42.0 Å². The van der Waals surface area contributed by atoms with Crippen LogP contribution in [-0.4, -0.2) is 11.3 Å². The molecule has 17 heavy (non-hydrogen) atoms. The van der Waals surface area contributed by atoms with Crippen LogP contribution in [-0.2, 0) is 6.54 Å². The Kier molecular flexibility index (Phi) is 3.73. The molecule has 0 atom stereocenters. The number of aldehydes is 1. The van der Waals surface area contributed by atoms with E-state index in [0.29, 0.717) is 17.1 Å². The lowest BCUT2D eigenvalue weighted by Gasteiger charge is -2.08. The second-order valence-electron chi connectivity index (χ2n) is 3.56. The summed E-state index contributed by atoms with van der Waals surface area (Å²) < 4.78 is 0. The summed E-state index contributed by atoms with van der Waals surface area (Å²) in [5, 5.41) is 3.90. The summed E-state index contributed by atoms with van der Waals surface area (Å²) in [7, 11) is 0. The third-order valence-electron chi connectivity index (χ3n) is 2.38. The molecule has 0 saturated heterocycles. The maximum Gasteiger partial charge on any atom is 0.153 e. The molecule has 0 saturated carbocycles. The van der Waals surface area contributed by atoms with E-state index >= 15 is 0 Å². The molecule has 1 aromatic carbocycles. The fraction of sp³-hybridized carbons (Fsp3) is 0.0769. The van der Waals surface area contributed by atoms with E-state index < -0.39 is 0 Å². The van der Waals surface area contributed by atoms with Crippen LogP contribution in [0.15, 0.2) is 42.7 Å². The van der Waals surface area contributed by atoms with Crippen molar-refractivity contribution < 1.29 is 4.79 Å². The third-order valence-corrected chi connectivity index (χ3v) is 2.63. The molecule has 0 aliphatic heterocycles. The number of carbonyl (C=O) groups is 1. The molecule has 4 heteroatoms. The van der Waals surface area contributed by atoms with E-state index in [0.717, 1.165) is 17.5 Å². The highest BCUT2D eigenvalue weighted by atomic mass is 35.5. The van der Waals surface area contributed by atoms with Gasteiger partial charge in [-0.05, 0) is 23.8 Å². The Morgan fingerprint density at radius 3 is 2.71 bits per heavy atom. The second-order valence-corrected chi connectivity index (χ2v) is 4.00. The molecule has 1 aromatic heterocycles. The van der Waals surface area contributed by atoms with Crippen molar-refractivity contribution >= 4 is 23.6 Å². The third kappa shape index (κ3) is 3.04. The lowest BCUT2D eigenvalue weighted by atomic mass is 10.2. The van der Waals surface area contributed by atoms with Gasteiger partial charge in [0.25, 0.3) is 0 Å². The monoisotopic (exact) mass is 246 g/mol. The number of anilines is 1. The minimum atomic E-state index is 0.557. The highest BCUT2D eigenvalue weighted by molar-refractivity contribution is 6.30. The summed E-state index contributed by atoms with van der Waals surface area (Å²) in [6.07, 6.45) is 3.98. The zero-order valence-corrected chi connectivity index (χ0v) is 9.82. The van der Waals surface area contributed by atoms with Crippen LogP contribution in [0.5, 0.6) is 0 Å². The first kappa shape index (κ1) is 11.6. The zero-order valence-electron chi connectivity index (χ0n) is 9.06. The lowest BCUT2D eigenvalue weighted by Crippen LogP contribution is -2.02. The van der Waals surface area contributed by atoms with Crippen LogP contribution in [0.1, 0.15) is 15.9 Å². The summed E-state index contributed by atoms with van der Waals surface area (Å²) in [6, 6.07) is 9.34. The molecular weight excluding hydrogens is 236 g/mol. The van der Waals surface area contributed by atoms with E-state index in [1.165, 1.54) is 6.20 Å². The van der Waals surface area contributed by atoms with Crippen molar-refractivity contribution in [1.29, 1.82) is 0 Å². The molecule has 86 valence electrons. The quantitative estimate of drug-likeness (QED) is 0.843. The van der Waals surface area contributed by atoms with Crippen LogP contribution in [0.3, 0.4) is 0 Å². The fourth-order valence-electron chi connectivity index (χ4n) is 1.46. The van der Waals surface area contributed by atoms with E-state index in [1.807, 2.05) is 24.3 Å². The molecular formula is C13H11ClN2O. The van der Waals surface area contributed by atoms with Crippen molar-refractivity contribution in [3.05, 3.63) is 58.9 Å². The van der Waals surface area contributed by atoms with Gasteiger partial charge < -0.3 is 5.32 Å². The summed E-state index contributed by atoms with van der Waals surface area (Å²) in [4.78, 5) is 14.7. The van der Waals surface area contributed by atoms with Gasteiger partial charge in [-0.15, -0.1) is 0 Å². The van der Waals surface area contributed by atoms with Gasteiger partial charge in [0.05, 0.1) is 5.56 Å². The van der Waals surface area contributed by atoms with Gasteiger partial charge in [0, 0.05) is 29.6 Å². The van der Waals surface area contributed by atoms with Crippen molar-refractivity contribution in [3.8, 4) is 0 Å². The molecule has 0 amide bonds. The van der Waals surface area contributed by atoms with Crippen molar-refractivity contribution in [2.45, 2.75) is 6.54 Å². The highest BCUT2D eigenvalue weighted by Gasteiger charge is 2.00. The SMILES string of the molecule is O=Cc1cnccc1NCc1ccc(Cl)cc1. The summed E-state index contributed by atoms with van der Waals surface area (Å²) in [6.45, 7) is 0.641. The standard InChI is InChI=1S/C13H11ClN2O/c14-12-3-1-10(2-4-12)7-16-13-5-6-15-8-11(13)9-17/h1-6,8-9H,7H2,(H,15,16). The average Bonchev–Trinajstić information content (AvgIpc) is 2.38. The number of hydrogen-bond acceptors (Lipinski definition) is 3. The van der Waals surface area contributed by atoms with Crippen LogP contribution >= 0.6 is 11.6 Å². The number of rotatable bonds is 4. The molecule has 0 fully saturated rings. The predicted octanol–water partition coefficient (Wildman–Crippen LogP) is 3.16. The van der Waals surface area contributed by atoms with E-state index in [2.05, 4.69) is 10.3 Å². The van der Waals surface area contributed by atoms with Crippen LogP contribution in [0.2, 0.25) is 5.02 Å². The second kappa shape index (κ2) is 5.46. The van der Waals surface area contributed by atoms with Gasteiger partial charge >= 0.3 is 0 Å². The summed E-state index contributed by atoms with van der Waals surface area (Å²) >= 11 is 5.80. The van der Waals surface area contributed by atoms with Crippen molar-refractivity contribution in [3.63, 3.8) is 0 Å². The van der Waals surface area contributed by atoms with E-state index in [4.69, 9.17) is 11.6 Å². The van der Waals surface area contributed by atoms with Crippen molar-refractivity contribution in [1.82, 2.24) is 4.98 Å². The maximum absolute atomic E-state index is 10.8. The van der Waals surface area contributed by atoms with Gasteiger partial charge in [-0.3, -0.25) is 9.78 Å². The van der Waals surface area contributed by atoms with Gasteiger partial charge in [0.1, 0.15) is 0 Å². The number of nitrogens with one attached hydrogen (secondary N) is 1. The van der Waals surface area contributed by atoms with Gasteiger partial charge in [-0.25, -0.2) is 0 Å². The van der Waals surface area contributed by atoms with E-state index in [9.17, 15) is 4.79 Å². The van der Waals surface area contributed by atoms with Crippen molar-refractivity contribution in [2.24, 2.45) is 0 Å². The number of nitrogens with zero attached hydrogens (tertiary/aromatic N) is 1. The molecule has 0 spiro atoms. The molecule has 0 aliphatic carbocycles. The molecule has 0 unspecified atom stereocenters. The van der Waals surface area contributed by atoms with Gasteiger partial charge in [0.15, 0.2) is 6.29 Å². The zero-order chi connectivity index (χ0) is 12.1. The van der Waals surface area contributed by atoms with Crippen molar-refractivity contribution in [2.75, 3.05) is 5.32 Å². The van der Waals surface area contributed by atoms with Crippen LogP contribution in [0.4, 0.5) is 5.69 Å². The normalized spacial score (nSPS) is 9.94. The molecule has 2 aromatic rings. The number of hydrogen-bond donors (Lipinski definition) is 1. The summed E-state index contributed by atoms with van der Waals surface area (Å²) in [5.74, 6) is 0. The Morgan fingerprint density at radius 2 is 2.00 bits per heavy atom. The molecule has 3 nitrogen and oxygen atoms in total. The largest absolute Gasteiger partial charge is 0.380 e. The molecule has 2 rings (SSSR count). The Balaban J connectivity index is 2.07. The van der Waals surface area contributed by atoms with Gasteiger partial charge in [0.2, 0.25) is 0 Å². The number of halogens is 1. The minimum Gasteiger partial charge on any atom is -0.380 e. The Labute approximate surface area is 104 Å². The number of aromatic nitrogens is 1. The van der Waals surface area contributed by atoms with E-state index in [-0.39, 0.29) is 0 Å². The van der Waals surface area contributed by atoms with Gasteiger partial charge in [-0.1, -0.05) is 23.7 Å². The Bertz CT molecular complexity index is 511. The maximum atomic E-state index is 10.8. The fourth-order valence-corrected chi connectivity index (χ4v) is 1.59. The van der Waals surface area contributed by atoms with Crippen LogP contribution < -0.4 is 5.32 Å². The molecule has 1 heterocycles. The average molecular weight is 247 g/mol. The first-order valence-electron chi connectivity index (χ1n) is 5.17. The number of carbonyl (C=O) groups excluding carboxylic acids is 1. The molecule has 0 aliphatic rings.